The fourth-order valence-electron chi connectivity index (χ4n) is 4.68. The number of esters is 1. The van der Waals surface area contributed by atoms with Gasteiger partial charge < -0.3 is 19.4 Å². The molecule has 0 saturated carbocycles. The lowest BCUT2D eigenvalue weighted by Gasteiger charge is -2.20. The molecule has 1 aliphatic rings. The van der Waals surface area contributed by atoms with Crippen molar-refractivity contribution in [2.75, 3.05) is 25.6 Å². The van der Waals surface area contributed by atoms with Crippen molar-refractivity contribution >= 4 is 22.7 Å². The summed E-state index contributed by atoms with van der Waals surface area (Å²) < 4.78 is 13.1. The first-order chi connectivity index (χ1) is 17.6. The number of fused-ring (bicyclic) bond motifs is 2. The Morgan fingerprint density at radius 1 is 1.17 bits per heavy atom. The molecule has 1 atom stereocenters. The largest absolute Gasteiger partial charge is 0.493 e. The van der Waals surface area contributed by atoms with E-state index in [2.05, 4.69) is 28.1 Å². The first kappa shape index (κ1) is 23.4. The van der Waals surface area contributed by atoms with Crippen molar-refractivity contribution in [2.45, 2.75) is 31.7 Å². The zero-order valence-electron chi connectivity index (χ0n) is 20.2. The molecule has 1 aliphatic heterocycles. The van der Waals surface area contributed by atoms with Gasteiger partial charge in [-0.15, -0.1) is 0 Å². The maximum Gasteiger partial charge on any atom is 0.307 e. The molecular weight excluding hydrogens is 452 g/mol. The molecular formula is C29H28N4O3. The number of nitriles is 1. The number of benzene rings is 2. The Balaban J connectivity index is 1.32. The van der Waals surface area contributed by atoms with Gasteiger partial charge in [0, 0.05) is 35.8 Å². The first-order valence-corrected chi connectivity index (χ1v) is 12.2. The second-order valence-corrected chi connectivity index (χ2v) is 8.91. The summed E-state index contributed by atoms with van der Waals surface area (Å²) >= 11 is 0. The molecule has 4 aromatic rings. The standard InChI is InChI=1S/C29H28N4O3/c1-35-28(34)18-27(21-6-4-20(19-30)5-7-21)33-15-12-23-17-25(10-11-26(23)33)36-16-13-24-9-8-22-3-2-14-31-29(22)32-24/h4-12,15,17,27H,2-3,13-14,16,18H2,1H3,(H,31,32). The van der Waals surface area contributed by atoms with Gasteiger partial charge in [-0.25, -0.2) is 4.98 Å². The maximum absolute atomic E-state index is 12.2. The van der Waals surface area contributed by atoms with E-state index in [1.54, 1.807) is 12.1 Å². The minimum atomic E-state index is -0.294. The van der Waals surface area contributed by atoms with Crippen LogP contribution in [0.3, 0.4) is 0 Å². The van der Waals surface area contributed by atoms with Crippen LogP contribution >= 0.6 is 0 Å². The molecule has 7 nitrogen and oxygen atoms in total. The topological polar surface area (TPSA) is 89.2 Å². The van der Waals surface area contributed by atoms with Crippen LogP contribution in [-0.2, 0) is 22.4 Å². The van der Waals surface area contributed by atoms with E-state index in [0.29, 0.717) is 12.2 Å². The summed E-state index contributed by atoms with van der Waals surface area (Å²) in [4.78, 5) is 16.9. The Morgan fingerprint density at radius 3 is 2.83 bits per heavy atom. The van der Waals surface area contributed by atoms with Crippen LogP contribution in [0.1, 0.15) is 41.3 Å². The van der Waals surface area contributed by atoms with Gasteiger partial charge in [0.05, 0.1) is 37.8 Å². The number of ether oxygens (including phenoxy) is 2. The second-order valence-electron chi connectivity index (χ2n) is 8.91. The summed E-state index contributed by atoms with van der Waals surface area (Å²) in [6, 6.07) is 21.5. The monoisotopic (exact) mass is 480 g/mol. The molecule has 0 spiro atoms. The van der Waals surface area contributed by atoms with Gasteiger partial charge in [0.25, 0.3) is 0 Å². The SMILES string of the molecule is COC(=O)CC(c1ccc(C#N)cc1)n1ccc2cc(OCCc3ccc4c(n3)NCCC4)ccc21. The van der Waals surface area contributed by atoms with Gasteiger partial charge in [0.1, 0.15) is 11.6 Å². The highest BCUT2D eigenvalue weighted by Gasteiger charge is 2.20. The molecule has 0 fully saturated rings. The highest BCUT2D eigenvalue weighted by molar-refractivity contribution is 5.82. The number of nitrogens with zero attached hydrogens (tertiary/aromatic N) is 3. The van der Waals surface area contributed by atoms with Crippen molar-refractivity contribution in [2.24, 2.45) is 0 Å². The zero-order chi connectivity index (χ0) is 24.9. The molecule has 5 rings (SSSR count). The zero-order valence-corrected chi connectivity index (χ0v) is 20.2. The van der Waals surface area contributed by atoms with Gasteiger partial charge >= 0.3 is 5.97 Å². The van der Waals surface area contributed by atoms with Gasteiger partial charge in [-0.3, -0.25) is 4.79 Å². The second kappa shape index (κ2) is 10.5. The number of aryl methyl sites for hydroxylation is 1. The van der Waals surface area contributed by atoms with Crippen LogP contribution in [0.4, 0.5) is 5.82 Å². The van der Waals surface area contributed by atoms with Gasteiger partial charge in [0.2, 0.25) is 0 Å². The van der Waals surface area contributed by atoms with Gasteiger partial charge in [-0.1, -0.05) is 18.2 Å². The minimum absolute atomic E-state index is 0.188. The Morgan fingerprint density at radius 2 is 2.03 bits per heavy atom. The van der Waals surface area contributed by atoms with Crippen molar-refractivity contribution in [1.29, 1.82) is 5.26 Å². The lowest BCUT2D eigenvalue weighted by molar-refractivity contribution is -0.141. The van der Waals surface area contributed by atoms with Crippen LogP contribution in [0.5, 0.6) is 5.75 Å². The van der Waals surface area contributed by atoms with E-state index in [1.807, 2.05) is 42.6 Å². The molecule has 2 aromatic heterocycles. The highest BCUT2D eigenvalue weighted by atomic mass is 16.5. The number of nitrogens with one attached hydrogen (secondary N) is 1. The van der Waals surface area contributed by atoms with Gasteiger partial charge in [-0.05, 0) is 66.4 Å². The van der Waals surface area contributed by atoms with Crippen LogP contribution in [-0.4, -0.2) is 35.8 Å². The third-order valence-electron chi connectivity index (χ3n) is 6.62. The average Bonchev–Trinajstić information content (AvgIpc) is 3.34. The Labute approximate surface area is 210 Å². The molecule has 1 unspecified atom stereocenters. The normalized spacial score (nSPS) is 13.3. The van der Waals surface area contributed by atoms with Crippen LogP contribution in [0.25, 0.3) is 10.9 Å². The Kier molecular flexibility index (Phi) is 6.85. The van der Waals surface area contributed by atoms with E-state index >= 15 is 0 Å². The summed E-state index contributed by atoms with van der Waals surface area (Å²) in [6.07, 6.45) is 5.13. The molecule has 182 valence electrons. The summed E-state index contributed by atoms with van der Waals surface area (Å²) in [7, 11) is 1.39. The third-order valence-corrected chi connectivity index (χ3v) is 6.62. The number of hydrogen-bond donors (Lipinski definition) is 1. The van der Waals surface area contributed by atoms with E-state index in [4.69, 9.17) is 19.7 Å². The van der Waals surface area contributed by atoms with Gasteiger partial charge in [-0.2, -0.15) is 5.26 Å². The molecule has 7 heteroatoms. The number of carbonyl (C=O) groups is 1. The number of anilines is 1. The molecule has 0 radical (unpaired) electrons. The molecule has 0 aliphatic carbocycles. The van der Waals surface area contributed by atoms with Gasteiger partial charge in [0.15, 0.2) is 0 Å². The number of hydrogen-bond acceptors (Lipinski definition) is 6. The Hall–Kier alpha value is -4.31. The van der Waals surface area contributed by atoms with E-state index in [9.17, 15) is 4.79 Å². The molecule has 0 amide bonds. The molecule has 1 N–H and O–H groups in total. The lowest BCUT2D eigenvalue weighted by atomic mass is 10.0. The van der Waals surface area contributed by atoms with Crippen LogP contribution in [0.15, 0.2) is 66.9 Å². The summed E-state index contributed by atoms with van der Waals surface area (Å²) in [5.41, 5.74) is 4.81. The van der Waals surface area contributed by atoms with Crippen molar-refractivity contribution in [1.82, 2.24) is 9.55 Å². The lowest BCUT2D eigenvalue weighted by Crippen LogP contribution is -2.15. The van der Waals surface area contributed by atoms with E-state index in [1.165, 1.54) is 12.7 Å². The first-order valence-electron chi connectivity index (χ1n) is 12.2. The summed E-state index contributed by atoms with van der Waals surface area (Å²) in [5, 5.41) is 13.5. The van der Waals surface area contributed by atoms with Crippen LogP contribution in [0, 0.1) is 11.3 Å². The molecule has 0 bridgehead atoms. The number of pyridine rings is 1. The predicted molar refractivity (Wildman–Crippen MR) is 138 cm³/mol. The fraction of sp³-hybridized carbons (Fsp3) is 0.276. The summed E-state index contributed by atoms with van der Waals surface area (Å²) in [6.45, 7) is 1.51. The summed E-state index contributed by atoms with van der Waals surface area (Å²) in [5.74, 6) is 1.50. The minimum Gasteiger partial charge on any atom is -0.493 e. The molecule has 3 heterocycles. The maximum atomic E-state index is 12.2. The third kappa shape index (κ3) is 5.03. The number of methoxy groups -OCH3 is 1. The fourth-order valence-corrected chi connectivity index (χ4v) is 4.68. The van der Waals surface area contributed by atoms with Crippen LogP contribution in [0.2, 0.25) is 0 Å². The number of carbonyl (C=O) groups excluding carboxylic acids is 1. The van der Waals surface area contributed by atoms with Crippen molar-refractivity contribution in [3.8, 4) is 11.8 Å². The smallest absolute Gasteiger partial charge is 0.307 e. The Bertz CT molecular complexity index is 1420. The van der Waals surface area contributed by atoms with Crippen molar-refractivity contribution in [3.05, 3.63) is 89.2 Å². The quantitative estimate of drug-likeness (QED) is 0.356. The van der Waals surface area contributed by atoms with E-state index < -0.39 is 0 Å². The molecule has 2 aromatic carbocycles. The van der Waals surface area contributed by atoms with Crippen LogP contribution < -0.4 is 10.1 Å². The number of aromatic nitrogens is 2. The number of rotatable bonds is 8. The van der Waals surface area contributed by atoms with E-state index in [0.717, 1.165) is 59.5 Å². The van der Waals surface area contributed by atoms with Crippen molar-refractivity contribution in [3.63, 3.8) is 0 Å². The van der Waals surface area contributed by atoms with E-state index in [-0.39, 0.29) is 18.4 Å². The van der Waals surface area contributed by atoms with Crippen molar-refractivity contribution < 1.29 is 14.3 Å². The highest BCUT2D eigenvalue weighted by Crippen LogP contribution is 2.30. The molecule has 36 heavy (non-hydrogen) atoms. The molecule has 0 saturated heterocycles. The average molecular weight is 481 g/mol. The predicted octanol–water partition coefficient (Wildman–Crippen LogP) is 5.04.